The normalized spacial score (nSPS) is 19.8. The van der Waals surface area contributed by atoms with Crippen LogP contribution < -0.4 is 10.6 Å². The second-order valence-electron chi connectivity index (χ2n) is 7.02. The Morgan fingerprint density at radius 3 is 2.55 bits per heavy atom. The largest absolute Gasteiger partial charge is 0.480 e. The first-order chi connectivity index (χ1) is 14.1. The van der Waals surface area contributed by atoms with Crippen LogP contribution in [0.1, 0.15) is 33.9 Å². The molecule has 0 amide bonds. The highest BCUT2D eigenvalue weighted by molar-refractivity contribution is 8.16. The number of hydrogen-bond donors (Lipinski definition) is 3. The van der Waals surface area contributed by atoms with E-state index in [2.05, 4.69) is 34.9 Å². The summed E-state index contributed by atoms with van der Waals surface area (Å²) in [5, 5.41) is 15.6. The predicted molar refractivity (Wildman–Crippen MR) is 121 cm³/mol. The number of benzene rings is 2. The van der Waals surface area contributed by atoms with E-state index >= 15 is 0 Å². The van der Waals surface area contributed by atoms with Crippen molar-refractivity contribution in [2.45, 2.75) is 29.5 Å². The molecule has 3 atom stereocenters. The van der Waals surface area contributed by atoms with E-state index in [0.717, 1.165) is 31.3 Å². The van der Waals surface area contributed by atoms with Gasteiger partial charge < -0.3 is 15.7 Å². The molecular formula is C22H26N2O3S2. The number of aliphatic carboxylic acids is 1. The Kier molecular flexibility index (Phi) is 8.18. The van der Waals surface area contributed by atoms with Crippen molar-refractivity contribution in [1.29, 1.82) is 0 Å². The number of carbonyl (C=O) groups is 2. The molecule has 7 heteroatoms. The zero-order valence-electron chi connectivity index (χ0n) is 16.3. The van der Waals surface area contributed by atoms with Crippen molar-refractivity contribution < 1.29 is 14.7 Å². The zero-order valence-corrected chi connectivity index (χ0v) is 18.0. The van der Waals surface area contributed by atoms with Crippen LogP contribution in [0.4, 0.5) is 0 Å². The van der Waals surface area contributed by atoms with Gasteiger partial charge in [-0.1, -0.05) is 66.4 Å². The van der Waals surface area contributed by atoms with Crippen molar-refractivity contribution in [3.63, 3.8) is 0 Å². The molecule has 1 aliphatic rings. The van der Waals surface area contributed by atoms with Crippen molar-refractivity contribution in [2.75, 3.05) is 19.3 Å². The van der Waals surface area contributed by atoms with Gasteiger partial charge in [0.15, 0.2) is 0 Å². The Morgan fingerprint density at radius 2 is 1.90 bits per heavy atom. The van der Waals surface area contributed by atoms with E-state index in [9.17, 15) is 14.7 Å². The van der Waals surface area contributed by atoms with Gasteiger partial charge in [-0.15, -0.1) is 0 Å². The summed E-state index contributed by atoms with van der Waals surface area (Å²) < 4.78 is 0. The number of carbonyl (C=O) groups excluding carboxylic acids is 1. The summed E-state index contributed by atoms with van der Waals surface area (Å²) in [6.45, 7) is 1.70. The second-order valence-corrected chi connectivity index (χ2v) is 9.53. The van der Waals surface area contributed by atoms with E-state index in [4.69, 9.17) is 0 Å². The summed E-state index contributed by atoms with van der Waals surface area (Å²) in [5.74, 6) is -0.520. The van der Waals surface area contributed by atoms with Gasteiger partial charge in [0, 0.05) is 35.7 Å². The Bertz CT molecular complexity index is 815. The maximum Gasteiger partial charge on any atom is 0.317 e. The van der Waals surface area contributed by atoms with Gasteiger partial charge in [0.25, 0.3) is 0 Å². The minimum absolute atomic E-state index is 0.192. The monoisotopic (exact) mass is 430 g/mol. The van der Waals surface area contributed by atoms with Gasteiger partial charge >= 0.3 is 5.97 Å². The summed E-state index contributed by atoms with van der Waals surface area (Å²) in [5.41, 5.74) is 3.05. The molecule has 29 heavy (non-hydrogen) atoms. The van der Waals surface area contributed by atoms with Crippen LogP contribution in [0, 0.1) is 0 Å². The van der Waals surface area contributed by atoms with Crippen molar-refractivity contribution >= 4 is 34.6 Å². The van der Waals surface area contributed by atoms with Crippen LogP contribution in [0.15, 0.2) is 54.6 Å². The molecule has 1 aliphatic heterocycles. The number of thioether (sulfide) groups is 2. The molecule has 1 heterocycles. The van der Waals surface area contributed by atoms with Crippen LogP contribution in [0.2, 0.25) is 0 Å². The van der Waals surface area contributed by atoms with Crippen LogP contribution in [-0.2, 0) is 11.3 Å². The molecule has 1 fully saturated rings. The van der Waals surface area contributed by atoms with Crippen molar-refractivity contribution in [2.24, 2.45) is 0 Å². The molecule has 2 aromatic carbocycles. The minimum Gasteiger partial charge on any atom is -0.480 e. The van der Waals surface area contributed by atoms with E-state index in [1.54, 1.807) is 36.0 Å². The highest BCUT2D eigenvalue weighted by Crippen LogP contribution is 2.32. The van der Waals surface area contributed by atoms with Crippen LogP contribution in [-0.4, -0.2) is 46.0 Å². The maximum absolute atomic E-state index is 12.3. The molecule has 1 unspecified atom stereocenters. The van der Waals surface area contributed by atoms with Crippen molar-refractivity contribution in [3.8, 4) is 0 Å². The number of rotatable bonds is 9. The van der Waals surface area contributed by atoms with Crippen LogP contribution in [0.5, 0.6) is 0 Å². The highest BCUT2D eigenvalue weighted by atomic mass is 32.2. The molecule has 0 bridgehead atoms. The van der Waals surface area contributed by atoms with Gasteiger partial charge in [0.2, 0.25) is 5.12 Å². The molecule has 0 radical (unpaired) electrons. The lowest BCUT2D eigenvalue weighted by molar-refractivity contribution is -0.135. The smallest absolute Gasteiger partial charge is 0.317 e. The molecule has 3 rings (SSSR count). The summed E-state index contributed by atoms with van der Waals surface area (Å²) in [7, 11) is 1.93. The summed E-state index contributed by atoms with van der Waals surface area (Å²) in [4.78, 5) is 24.0. The SMILES string of the molecule is CNCc1ccc([C@@H]2C[C@H](SCC(SC(=O)c3ccccc3)C(=O)O)CN2)cc1. The van der Waals surface area contributed by atoms with E-state index < -0.39 is 11.2 Å². The van der Waals surface area contributed by atoms with Crippen LogP contribution in [0.3, 0.4) is 0 Å². The third-order valence-electron chi connectivity index (χ3n) is 4.87. The third-order valence-corrected chi connectivity index (χ3v) is 7.54. The Balaban J connectivity index is 1.50. The Morgan fingerprint density at radius 1 is 1.17 bits per heavy atom. The minimum atomic E-state index is -0.936. The van der Waals surface area contributed by atoms with Gasteiger partial charge in [0.1, 0.15) is 5.25 Å². The van der Waals surface area contributed by atoms with Gasteiger partial charge in [-0.3, -0.25) is 9.59 Å². The lowest BCUT2D eigenvalue weighted by atomic mass is 10.0. The first kappa shape index (κ1) is 21.9. The first-order valence-electron chi connectivity index (χ1n) is 9.64. The van der Waals surface area contributed by atoms with Gasteiger partial charge in [0.05, 0.1) is 0 Å². The molecule has 0 aromatic heterocycles. The fraction of sp³-hybridized carbons (Fsp3) is 0.364. The molecular weight excluding hydrogens is 404 g/mol. The summed E-state index contributed by atoms with van der Waals surface area (Å²) >= 11 is 2.55. The Labute approximate surface area is 180 Å². The number of hydrogen-bond acceptors (Lipinski definition) is 6. The number of nitrogens with one attached hydrogen (secondary N) is 2. The molecule has 2 aromatic rings. The lowest BCUT2D eigenvalue weighted by Crippen LogP contribution is -2.23. The summed E-state index contributed by atoms with van der Waals surface area (Å²) in [6.07, 6.45) is 0.958. The van der Waals surface area contributed by atoms with Crippen LogP contribution >= 0.6 is 23.5 Å². The van der Waals surface area contributed by atoms with Crippen molar-refractivity contribution in [3.05, 3.63) is 71.3 Å². The Hall–Kier alpha value is -1.80. The average molecular weight is 431 g/mol. The highest BCUT2D eigenvalue weighted by Gasteiger charge is 2.29. The lowest BCUT2D eigenvalue weighted by Gasteiger charge is -2.14. The fourth-order valence-electron chi connectivity index (χ4n) is 3.31. The molecule has 0 saturated carbocycles. The number of carboxylic acids is 1. The first-order valence-corrected chi connectivity index (χ1v) is 11.6. The molecule has 5 nitrogen and oxygen atoms in total. The third kappa shape index (κ3) is 6.34. The van der Waals surface area contributed by atoms with Crippen molar-refractivity contribution in [1.82, 2.24) is 10.6 Å². The average Bonchev–Trinajstić information content (AvgIpc) is 3.21. The van der Waals surface area contributed by atoms with Gasteiger partial charge in [-0.05, 0) is 24.6 Å². The standard InChI is InChI=1S/C22H26N2O3S2/c1-23-12-15-7-9-16(10-8-15)19-11-18(13-24-19)28-14-20(21(25)26)29-22(27)17-5-3-2-4-6-17/h2-10,18-20,23-24H,11-14H2,1H3,(H,25,26)/t18-,19-,20?/m0/s1. The van der Waals surface area contributed by atoms with Gasteiger partial charge in [-0.25, -0.2) is 0 Å². The topological polar surface area (TPSA) is 78.4 Å². The quantitative estimate of drug-likeness (QED) is 0.561. The van der Waals surface area contributed by atoms with E-state index in [1.807, 2.05) is 13.1 Å². The predicted octanol–water partition coefficient (Wildman–Crippen LogP) is 3.57. The molecule has 0 spiro atoms. The van der Waals surface area contributed by atoms with E-state index in [0.29, 0.717) is 16.6 Å². The molecule has 1 saturated heterocycles. The van der Waals surface area contributed by atoms with E-state index in [-0.39, 0.29) is 11.2 Å². The van der Waals surface area contributed by atoms with Crippen LogP contribution in [0.25, 0.3) is 0 Å². The molecule has 3 N–H and O–H groups in total. The molecule has 0 aliphatic carbocycles. The zero-order chi connectivity index (χ0) is 20.6. The second kappa shape index (κ2) is 10.8. The fourth-order valence-corrected chi connectivity index (χ4v) is 5.58. The number of carboxylic acid groups (broad SMARTS) is 1. The molecule has 154 valence electrons. The van der Waals surface area contributed by atoms with E-state index in [1.165, 1.54) is 11.1 Å². The summed E-state index contributed by atoms with van der Waals surface area (Å²) in [6, 6.07) is 17.7. The van der Waals surface area contributed by atoms with Gasteiger partial charge in [-0.2, -0.15) is 11.8 Å². The maximum atomic E-state index is 12.3.